The summed E-state index contributed by atoms with van der Waals surface area (Å²) >= 11 is 4.79. The van der Waals surface area contributed by atoms with Crippen LogP contribution in [0.1, 0.15) is 0 Å². The summed E-state index contributed by atoms with van der Waals surface area (Å²) in [6, 6.07) is 10.1. The van der Waals surface area contributed by atoms with Crippen LogP contribution in [-0.4, -0.2) is 28.3 Å². The van der Waals surface area contributed by atoms with Gasteiger partial charge in [0.05, 0.1) is 10.2 Å². The van der Waals surface area contributed by atoms with E-state index in [2.05, 4.69) is 26.3 Å². The standard InChI is InChI=1S/C13H12N4S3/c1-14-10-7-11(17-12(16-10)18-2)20-13-15-8-5-3-4-6-9(8)19-13/h3-7H,1-2H3,(H,14,16,17). The molecule has 0 fully saturated rings. The highest BCUT2D eigenvalue weighted by atomic mass is 32.2. The normalized spacial score (nSPS) is 10.9. The Bertz CT molecular complexity index is 686. The number of nitrogens with one attached hydrogen (secondary N) is 1. The summed E-state index contributed by atoms with van der Waals surface area (Å²) in [5.41, 5.74) is 1.04. The SMILES string of the molecule is CNc1cc(Sc2nc3ccccc3s2)nc(SC)n1. The van der Waals surface area contributed by atoms with Crippen molar-refractivity contribution in [2.24, 2.45) is 0 Å². The fourth-order valence-electron chi connectivity index (χ4n) is 1.66. The van der Waals surface area contributed by atoms with Crippen molar-refractivity contribution in [2.75, 3.05) is 18.6 Å². The van der Waals surface area contributed by atoms with E-state index < -0.39 is 0 Å². The monoisotopic (exact) mass is 320 g/mol. The van der Waals surface area contributed by atoms with Crippen LogP contribution >= 0.6 is 34.9 Å². The highest BCUT2D eigenvalue weighted by Crippen LogP contribution is 2.34. The molecule has 0 amide bonds. The van der Waals surface area contributed by atoms with Gasteiger partial charge in [-0.2, -0.15) is 0 Å². The number of hydrogen-bond acceptors (Lipinski definition) is 7. The van der Waals surface area contributed by atoms with Gasteiger partial charge in [0.25, 0.3) is 0 Å². The van der Waals surface area contributed by atoms with E-state index in [4.69, 9.17) is 0 Å². The highest BCUT2D eigenvalue weighted by molar-refractivity contribution is 8.01. The van der Waals surface area contributed by atoms with Crippen molar-refractivity contribution in [1.29, 1.82) is 0 Å². The second-order valence-corrected chi connectivity index (χ2v) is 6.95. The Kier molecular flexibility index (Phi) is 4.09. The Balaban J connectivity index is 1.93. The van der Waals surface area contributed by atoms with Crippen molar-refractivity contribution in [2.45, 2.75) is 14.5 Å². The van der Waals surface area contributed by atoms with E-state index in [9.17, 15) is 0 Å². The van der Waals surface area contributed by atoms with Gasteiger partial charge in [0.2, 0.25) is 0 Å². The van der Waals surface area contributed by atoms with Gasteiger partial charge in [-0.3, -0.25) is 0 Å². The van der Waals surface area contributed by atoms with Gasteiger partial charge in [-0.15, -0.1) is 11.3 Å². The predicted octanol–water partition coefficient (Wildman–Crippen LogP) is 4.00. The number of rotatable bonds is 4. The van der Waals surface area contributed by atoms with Gasteiger partial charge in [-0.1, -0.05) is 23.9 Å². The first-order valence-corrected chi connectivity index (χ1v) is 8.78. The smallest absolute Gasteiger partial charge is 0.190 e. The van der Waals surface area contributed by atoms with Crippen LogP contribution in [0.15, 0.2) is 44.9 Å². The molecule has 102 valence electrons. The van der Waals surface area contributed by atoms with Gasteiger partial charge in [0, 0.05) is 13.1 Å². The minimum Gasteiger partial charge on any atom is -0.373 e. The zero-order valence-electron chi connectivity index (χ0n) is 11.0. The molecule has 0 bridgehead atoms. The lowest BCUT2D eigenvalue weighted by molar-refractivity contribution is 0.897. The molecule has 0 aliphatic carbocycles. The van der Waals surface area contributed by atoms with Crippen molar-refractivity contribution in [3.63, 3.8) is 0 Å². The molecule has 7 heteroatoms. The quantitative estimate of drug-likeness (QED) is 0.445. The van der Waals surface area contributed by atoms with Crippen LogP contribution in [0, 0.1) is 0 Å². The second kappa shape index (κ2) is 5.99. The molecule has 1 aromatic carbocycles. The van der Waals surface area contributed by atoms with Crippen molar-refractivity contribution in [3.8, 4) is 0 Å². The number of thioether (sulfide) groups is 1. The first-order valence-electron chi connectivity index (χ1n) is 5.93. The lowest BCUT2D eigenvalue weighted by Gasteiger charge is -2.04. The number of para-hydroxylation sites is 1. The van der Waals surface area contributed by atoms with Crippen molar-refractivity contribution in [1.82, 2.24) is 15.0 Å². The van der Waals surface area contributed by atoms with Gasteiger partial charge in [0.1, 0.15) is 10.8 Å². The highest BCUT2D eigenvalue weighted by Gasteiger charge is 2.09. The molecule has 2 aromatic heterocycles. The molecule has 0 radical (unpaired) electrons. The summed E-state index contributed by atoms with van der Waals surface area (Å²) < 4.78 is 2.20. The maximum absolute atomic E-state index is 4.61. The molecule has 0 aliphatic heterocycles. The average Bonchev–Trinajstić information content (AvgIpc) is 2.88. The van der Waals surface area contributed by atoms with Crippen LogP contribution in [0.2, 0.25) is 0 Å². The predicted molar refractivity (Wildman–Crippen MR) is 87.1 cm³/mol. The zero-order valence-corrected chi connectivity index (χ0v) is 13.4. The van der Waals surface area contributed by atoms with Gasteiger partial charge in [-0.05, 0) is 30.2 Å². The topological polar surface area (TPSA) is 50.7 Å². The fraction of sp³-hybridized carbons (Fsp3) is 0.154. The van der Waals surface area contributed by atoms with Crippen LogP contribution in [0.25, 0.3) is 10.2 Å². The Morgan fingerprint density at radius 1 is 1.15 bits per heavy atom. The molecule has 0 saturated carbocycles. The van der Waals surface area contributed by atoms with Crippen LogP contribution in [0.3, 0.4) is 0 Å². The number of anilines is 1. The minimum atomic E-state index is 0.764. The summed E-state index contributed by atoms with van der Waals surface area (Å²) in [4.78, 5) is 13.5. The van der Waals surface area contributed by atoms with Crippen molar-refractivity contribution < 1.29 is 0 Å². The van der Waals surface area contributed by atoms with Crippen molar-refractivity contribution in [3.05, 3.63) is 30.3 Å². The average molecular weight is 320 g/mol. The minimum absolute atomic E-state index is 0.764. The summed E-state index contributed by atoms with van der Waals surface area (Å²) in [5.74, 6) is 0.827. The van der Waals surface area contributed by atoms with E-state index in [1.54, 1.807) is 23.1 Å². The van der Waals surface area contributed by atoms with E-state index in [-0.39, 0.29) is 0 Å². The Morgan fingerprint density at radius 3 is 2.75 bits per heavy atom. The second-order valence-electron chi connectivity index (χ2n) is 3.88. The first kappa shape index (κ1) is 13.7. The molecule has 3 rings (SSSR count). The van der Waals surface area contributed by atoms with E-state index in [1.807, 2.05) is 37.6 Å². The third-order valence-electron chi connectivity index (χ3n) is 2.59. The van der Waals surface area contributed by atoms with Gasteiger partial charge >= 0.3 is 0 Å². The van der Waals surface area contributed by atoms with E-state index >= 15 is 0 Å². The number of aromatic nitrogens is 3. The van der Waals surface area contributed by atoms with E-state index in [0.29, 0.717) is 0 Å². The Morgan fingerprint density at radius 2 is 2.00 bits per heavy atom. The molecular weight excluding hydrogens is 308 g/mol. The third-order valence-corrected chi connectivity index (χ3v) is 5.15. The van der Waals surface area contributed by atoms with Gasteiger partial charge in [-0.25, -0.2) is 15.0 Å². The van der Waals surface area contributed by atoms with Crippen LogP contribution < -0.4 is 5.32 Å². The molecule has 1 N–H and O–H groups in total. The molecule has 3 aromatic rings. The van der Waals surface area contributed by atoms with Crippen LogP contribution in [0.4, 0.5) is 5.82 Å². The summed E-state index contributed by atoms with van der Waals surface area (Å²) in [5, 5.41) is 4.73. The van der Waals surface area contributed by atoms with Gasteiger partial charge in [0.15, 0.2) is 9.50 Å². The fourth-order valence-corrected chi connectivity index (χ4v) is 4.11. The molecule has 20 heavy (non-hydrogen) atoms. The molecule has 4 nitrogen and oxygen atoms in total. The van der Waals surface area contributed by atoms with Gasteiger partial charge < -0.3 is 5.32 Å². The maximum atomic E-state index is 4.61. The largest absolute Gasteiger partial charge is 0.373 e. The lowest BCUT2D eigenvalue weighted by Crippen LogP contribution is -1.96. The number of fused-ring (bicyclic) bond motifs is 1. The lowest BCUT2D eigenvalue weighted by atomic mass is 10.3. The molecule has 0 atom stereocenters. The Hall–Kier alpha value is -1.31. The molecule has 0 unspecified atom stereocenters. The number of thiazole rings is 1. The Labute approximate surface area is 129 Å². The molecule has 0 saturated heterocycles. The number of benzene rings is 1. The van der Waals surface area contributed by atoms with Crippen LogP contribution in [-0.2, 0) is 0 Å². The first-order chi connectivity index (χ1) is 9.78. The summed E-state index contributed by atoms with van der Waals surface area (Å²) in [7, 11) is 1.86. The molecular formula is C13H12N4S3. The molecule has 0 spiro atoms. The molecule has 0 aliphatic rings. The zero-order chi connectivity index (χ0) is 13.9. The number of hydrogen-bond donors (Lipinski definition) is 1. The summed E-state index contributed by atoms with van der Waals surface area (Å²) in [6.45, 7) is 0. The maximum Gasteiger partial charge on any atom is 0.190 e. The van der Waals surface area contributed by atoms with E-state index in [1.165, 1.54) is 16.5 Å². The summed E-state index contributed by atoms with van der Waals surface area (Å²) in [6.07, 6.45) is 1.97. The molecule has 2 heterocycles. The van der Waals surface area contributed by atoms with Crippen LogP contribution in [0.5, 0.6) is 0 Å². The van der Waals surface area contributed by atoms with Crippen molar-refractivity contribution >= 4 is 50.9 Å². The number of nitrogens with zero attached hydrogens (tertiary/aromatic N) is 3. The van der Waals surface area contributed by atoms with E-state index in [0.717, 1.165) is 25.9 Å². The third kappa shape index (κ3) is 2.89.